The molecule has 0 aromatic heterocycles. The van der Waals surface area contributed by atoms with E-state index >= 15 is 0 Å². The lowest BCUT2D eigenvalue weighted by Crippen LogP contribution is -2.41. The number of hydroxylamine groups is 2. The van der Waals surface area contributed by atoms with E-state index < -0.39 is 12.1 Å². The fourth-order valence-corrected chi connectivity index (χ4v) is 1.65. The van der Waals surface area contributed by atoms with Crippen LogP contribution in [0.2, 0.25) is 0 Å². The number of carbonyl (C=O) groups is 1. The number of carbonyl (C=O) groups excluding carboxylic acids is 1. The van der Waals surface area contributed by atoms with Crippen molar-refractivity contribution in [2.45, 2.75) is 44.9 Å². The molecule has 7 heteroatoms. The van der Waals surface area contributed by atoms with E-state index in [0.717, 1.165) is 17.9 Å². The van der Waals surface area contributed by atoms with Crippen molar-refractivity contribution in [2.24, 2.45) is 0 Å². The minimum absolute atomic E-state index is 0.0531. The van der Waals surface area contributed by atoms with Gasteiger partial charge >= 0.3 is 12.1 Å². The Hall–Kier alpha value is -0.820. The summed E-state index contributed by atoms with van der Waals surface area (Å²) in [6, 6.07) is 0. The molecule has 0 saturated carbocycles. The largest absolute Gasteiger partial charge is 0.492 e. The van der Waals surface area contributed by atoms with Crippen LogP contribution in [0.4, 0.5) is 13.2 Å². The van der Waals surface area contributed by atoms with Crippen molar-refractivity contribution in [3.8, 4) is 0 Å². The van der Waals surface area contributed by atoms with Crippen LogP contribution in [-0.4, -0.2) is 43.0 Å². The van der Waals surface area contributed by atoms with Gasteiger partial charge in [0.05, 0.1) is 6.10 Å². The topological polar surface area (TPSA) is 38.8 Å². The molecule has 18 heavy (non-hydrogen) atoms. The second-order valence-electron chi connectivity index (χ2n) is 4.23. The average Bonchev–Trinajstić information content (AvgIpc) is 2.30. The third-order valence-corrected chi connectivity index (χ3v) is 2.70. The van der Waals surface area contributed by atoms with E-state index in [4.69, 9.17) is 4.74 Å². The van der Waals surface area contributed by atoms with E-state index in [0.29, 0.717) is 19.4 Å². The number of piperidine rings is 1. The van der Waals surface area contributed by atoms with Gasteiger partial charge in [0.1, 0.15) is 0 Å². The zero-order chi connectivity index (χ0) is 13.6. The number of halogens is 3. The highest BCUT2D eigenvalue weighted by atomic mass is 19.4. The molecule has 0 aromatic carbocycles. The van der Waals surface area contributed by atoms with Crippen molar-refractivity contribution >= 4 is 5.97 Å². The van der Waals surface area contributed by atoms with Crippen molar-refractivity contribution in [2.75, 3.05) is 19.7 Å². The van der Waals surface area contributed by atoms with Crippen molar-refractivity contribution in [3.63, 3.8) is 0 Å². The average molecular weight is 269 g/mol. The van der Waals surface area contributed by atoms with Gasteiger partial charge in [-0.3, -0.25) is 0 Å². The molecule has 106 valence electrons. The highest BCUT2D eigenvalue weighted by Crippen LogP contribution is 2.20. The molecule has 1 heterocycles. The first-order valence-electron chi connectivity index (χ1n) is 6.09. The van der Waals surface area contributed by atoms with Crippen molar-refractivity contribution in [3.05, 3.63) is 0 Å². The first-order chi connectivity index (χ1) is 8.43. The molecule has 4 nitrogen and oxygen atoms in total. The molecule has 1 fully saturated rings. The van der Waals surface area contributed by atoms with Gasteiger partial charge in [0.2, 0.25) is 0 Å². The summed E-state index contributed by atoms with van der Waals surface area (Å²) in [4.78, 5) is 14.8. The summed E-state index contributed by atoms with van der Waals surface area (Å²) in [6.07, 6.45) is -1.71. The number of hydrogen-bond donors (Lipinski definition) is 0. The molecule has 1 rings (SSSR count). The summed E-state index contributed by atoms with van der Waals surface area (Å²) in [5.41, 5.74) is 0. The Bertz CT molecular complexity index is 263. The fourth-order valence-electron chi connectivity index (χ4n) is 1.65. The second kappa shape index (κ2) is 6.94. The predicted octanol–water partition coefficient (Wildman–Crippen LogP) is 2.29. The molecule has 0 spiro atoms. The Morgan fingerprint density at radius 1 is 1.33 bits per heavy atom. The summed E-state index contributed by atoms with van der Waals surface area (Å²) in [5, 5.41) is 1.05. The normalized spacial score (nSPS) is 18.9. The SMILES string of the molecule is CCCCOC1CCN(OC(=O)C(F)(F)F)CC1. The lowest BCUT2D eigenvalue weighted by Gasteiger charge is -2.30. The molecule has 1 saturated heterocycles. The molecule has 1 aliphatic rings. The number of unbranched alkanes of at least 4 members (excludes halogenated alkanes) is 1. The maximum absolute atomic E-state index is 12.0. The molecule has 0 bridgehead atoms. The molecule has 0 amide bonds. The highest BCUT2D eigenvalue weighted by molar-refractivity contribution is 5.75. The molecular weight excluding hydrogens is 251 g/mol. The Morgan fingerprint density at radius 2 is 1.94 bits per heavy atom. The van der Waals surface area contributed by atoms with E-state index in [-0.39, 0.29) is 19.2 Å². The number of rotatable bonds is 5. The second-order valence-corrected chi connectivity index (χ2v) is 4.23. The van der Waals surface area contributed by atoms with Crippen LogP contribution in [0.15, 0.2) is 0 Å². The molecule has 0 atom stereocenters. The Kier molecular flexibility index (Phi) is 5.87. The van der Waals surface area contributed by atoms with Gasteiger partial charge < -0.3 is 9.57 Å². The molecular formula is C11H18F3NO3. The summed E-state index contributed by atoms with van der Waals surface area (Å²) in [5.74, 6) is -2.16. The minimum atomic E-state index is -4.94. The van der Waals surface area contributed by atoms with Crippen LogP contribution in [-0.2, 0) is 14.4 Å². The van der Waals surface area contributed by atoms with Crippen LogP contribution >= 0.6 is 0 Å². The molecule has 0 unspecified atom stereocenters. The Balaban J connectivity index is 2.21. The van der Waals surface area contributed by atoms with Gasteiger partial charge in [0.25, 0.3) is 0 Å². The van der Waals surface area contributed by atoms with Crippen molar-refractivity contribution < 1.29 is 27.5 Å². The summed E-state index contributed by atoms with van der Waals surface area (Å²) in [6.45, 7) is 3.28. The van der Waals surface area contributed by atoms with Crippen LogP contribution < -0.4 is 0 Å². The number of alkyl halides is 3. The van der Waals surface area contributed by atoms with Crippen molar-refractivity contribution in [1.29, 1.82) is 0 Å². The smallest absolute Gasteiger partial charge is 0.378 e. The van der Waals surface area contributed by atoms with Crippen LogP contribution in [0.25, 0.3) is 0 Å². The van der Waals surface area contributed by atoms with Gasteiger partial charge in [-0.15, -0.1) is 5.06 Å². The van der Waals surface area contributed by atoms with Gasteiger partial charge in [-0.25, -0.2) is 4.79 Å². The maximum atomic E-state index is 12.0. The number of ether oxygens (including phenoxy) is 1. The van der Waals surface area contributed by atoms with Crippen LogP contribution in [0.1, 0.15) is 32.6 Å². The summed E-state index contributed by atoms with van der Waals surface area (Å²) in [7, 11) is 0. The number of nitrogens with zero attached hydrogens (tertiary/aromatic N) is 1. The minimum Gasteiger partial charge on any atom is -0.378 e. The van der Waals surface area contributed by atoms with Gasteiger partial charge in [0.15, 0.2) is 0 Å². The molecule has 0 aromatic rings. The third kappa shape index (κ3) is 5.22. The third-order valence-electron chi connectivity index (χ3n) is 2.70. The quantitative estimate of drug-likeness (QED) is 0.718. The zero-order valence-corrected chi connectivity index (χ0v) is 10.3. The monoisotopic (exact) mass is 269 g/mol. The molecule has 1 aliphatic heterocycles. The lowest BCUT2D eigenvalue weighted by atomic mass is 10.1. The number of hydrogen-bond acceptors (Lipinski definition) is 4. The molecule has 0 radical (unpaired) electrons. The highest BCUT2D eigenvalue weighted by Gasteiger charge is 2.42. The Morgan fingerprint density at radius 3 is 2.44 bits per heavy atom. The van der Waals surface area contributed by atoms with E-state index in [1.54, 1.807) is 0 Å². The Labute approximate surface area is 104 Å². The molecule has 0 N–H and O–H groups in total. The first kappa shape index (κ1) is 15.2. The van der Waals surface area contributed by atoms with Crippen LogP contribution in [0.3, 0.4) is 0 Å². The van der Waals surface area contributed by atoms with E-state index in [9.17, 15) is 18.0 Å². The fraction of sp³-hybridized carbons (Fsp3) is 0.909. The van der Waals surface area contributed by atoms with Crippen LogP contribution in [0, 0.1) is 0 Å². The molecule has 0 aliphatic carbocycles. The summed E-state index contributed by atoms with van der Waals surface area (Å²) >= 11 is 0. The van der Waals surface area contributed by atoms with Crippen molar-refractivity contribution in [1.82, 2.24) is 5.06 Å². The van der Waals surface area contributed by atoms with E-state index in [1.807, 2.05) is 0 Å². The predicted molar refractivity (Wildman–Crippen MR) is 57.6 cm³/mol. The van der Waals surface area contributed by atoms with Gasteiger partial charge in [-0.05, 0) is 19.3 Å². The standard InChI is InChI=1S/C11H18F3NO3/c1-2-3-8-17-9-4-6-15(7-5-9)18-10(16)11(12,13)14/h9H,2-8H2,1H3. The van der Waals surface area contributed by atoms with Gasteiger partial charge in [-0.2, -0.15) is 13.2 Å². The maximum Gasteiger partial charge on any atom is 0.492 e. The van der Waals surface area contributed by atoms with Gasteiger partial charge in [-0.1, -0.05) is 13.3 Å². The summed E-state index contributed by atoms with van der Waals surface area (Å²) < 4.78 is 41.4. The van der Waals surface area contributed by atoms with Gasteiger partial charge in [0, 0.05) is 19.7 Å². The lowest BCUT2D eigenvalue weighted by molar-refractivity contribution is -0.244. The van der Waals surface area contributed by atoms with Crippen LogP contribution in [0.5, 0.6) is 0 Å². The van der Waals surface area contributed by atoms with E-state index in [1.165, 1.54) is 0 Å². The van der Waals surface area contributed by atoms with E-state index in [2.05, 4.69) is 11.8 Å². The zero-order valence-electron chi connectivity index (χ0n) is 10.3. The first-order valence-corrected chi connectivity index (χ1v) is 6.09.